The van der Waals surface area contributed by atoms with Crippen molar-refractivity contribution in [3.8, 4) is 11.3 Å². The molecule has 128 valence electrons. The summed E-state index contributed by atoms with van der Waals surface area (Å²) in [5, 5.41) is 2.99. The molecule has 1 aromatic heterocycles. The highest BCUT2D eigenvalue weighted by atomic mass is 16.2. The van der Waals surface area contributed by atoms with E-state index in [1.165, 1.54) is 17.2 Å². The van der Waals surface area contributed by atoms with Gasteiger partial charge in [-0.05, 0) is 30.6 Å². The highest BCUT2D eigenvalue weighted by Gasteiger charge is 2.35. The molecule has 4 rings (SSSR count). The lowest BCUT2D eigenvalue weighted by molar-refractivity contribution is -0.121. The first kappa shape index (κ1) is 15.8. The summed E-state index contributed by atoms with van der Waals surface area (Å²) in [6.45, 7) is 0.716. The fourth-order valence-electron chi connectivity index (χ4n) is 3.91. The minimum atomic E-state index is -0.266. The van der Waals surface area contributed by atoms with Gasteiger partial charge in [0.2, 0.25) is 5.91 Å². The van der Waals surface area contributed by atoms with Crippen molar-refractivity contribution < 1.29 is 4.79 Å². The zero-order valence-electron chi connectivity index (χ0n) is 14.0. The summed E-state index contributed by atoms with van der Waals surface area (Å²) in [7, 11) is 0. The van der Waals surface area contributed by atoms with E-state index in [-0.39, 0.29) is 18.0 Å². The van der Waals surface area contributed by atoms with Crippen molar-refractivity contribution in [1.82, 2.24) is 14.9 Å². The van der Waals surface area contributed by atoms with Gasteiger partial charge in [-0.2, -0.15) is 0 Å². The molecule has 0 spiro atoms. The predicted octanol–water partition coefficient (Wildman–Crippen LogP) is 2.24. The van der Waals surface area contributed by atoms with Crippen molar-refractivity contribution >= 4 is 5.91 Å². The number of nitrogens with one attached hydrogen (secondary N) is 1. The molecule has 1 heterocycles. The van der Waals surface area contributed by atoms with Crippen LogP contribution in [0.2, 0.25) is 0 Å². The molecule has 0 aliphatic heterocycles. The van der Waals surface area contributed by atoms with Crippen LogP contribution in [0.25, 0.3) is 11.3 Å². The van der Waals surface area contributed by atoms with Gasteiger partial charge in [0.1, 0.15) is 6.54 Å². The highest BCUT2D eigenvalue weighted by molar-refractivity contribution is 5.75. The van der Waals surface area contributed by atoms with E-state index in [1.54, 1.807) is 6.20 Å². The molecule has 1 amide bonds. The van der Waals surface area contributed by atoms with E-state index in [9.17, 15) is 9.59 Å². The summed E-state index contributed by atoms with van der Waals surface area (Å²) in [4.78, 5) is 28.5. The number of aromatic nitrogens is 2. The summed E-state index contributed by atoms with van der Waals surface area (Å²) < 4.78 is 1.42. The molecule has 2 bridgehead atoms. The van der Waals surface area contributed by atoms with Gasteiger partial charge in [0.25, 0.3) is 5.56 Å². The number of hydrogen-bond donors (Lipinski definition) is 1. The van der Waals surface area contributed by atoms with E-state index in [0.29, 0.717) is 30.0 Å². The Morgan fingerprint density at radius 1 is 1.20 bits per heavy atom. The lowest BCUT2D eigenvalue weighted by Gasteiger charge is -2.18. The Balaban J connectivity index is 1.40. The lowest BCUT2D eigenvalue weighted by atomic mass is 9.94. The van der Waals surface area contributed by atoms with Crippen molar-refractivity contribution in [2.24, 2.45) is 17.8 Å². The van der Waals surface area contributed by atoms with Crippen LogP contribution in [-0.2, 0) is 11.3 Å². The van der Waals surface area contributed by atoms with Crippen LogP contribution in [0.1, 0.15) is 12.8 Å². The van der Waals surface area contributed by atoms with Crippen molar-refractivity contribution in [3.05, 3.63) is 65.2 Å². The van der Waals surface area contributed by atoms with E-state index >= 15 is 0 Å². The number of hydrogen-bond acceptors (Lipinski definition) is 3. The van der Waals surface area contributed by atoms with Crippen LogP contribution >= 0.6 is 0 Å². The second-order valence-electron chi connectivity index (χ2n) is 6.95. The van der Waals surface area contributed by atoms with Gasteiger partial charge in [0.15, 0.2) is 0 Å². The summed E-state index contributed by atoms with van der Waals surface area (Å²) in [6, 6.07) is 9.63. The summed E-state index contributed by atoms with van der Waals surface area (Å²) in [5.41, 5.74) is 1.34. The van der Waals surface area contributed by atoms with Crippen LogP contribution in [0, 0.1) is 17.8 Å². The smallest absolute Gasteiger partial charge is 0.269 e. The monoisotopic (exact) mass is 335 g/mol. The van der Waals surface area contributed by atoms with Gasteiger partial charge in [-0.15, -0.1) is 0 Å². The zero-order chi connectivity index (χ0) is 17.2. The maximum Gasteiger partial charge on any atom is 0.269 e. The number of amides is 1. The van der Waals surface area contributed by atoms with E-state index in [1.807, 2.05) is 30.3 Å². The first-order valence-corrected chi connectivity index (χ1v) is 8.76. The molecular formula is C20H21N3O2. The molecule has 1 aromatic carbocycles. The molecule has 5 nitrogen and oxygen atoms in total. The molecule has 2 aliphatic carbocycles. The molecule has 0 unspecified atom stereocenters. The van der Waals surface area contributed by atoms with Crippen LogP contribution in [0.3, 0.4) is 0 Å². The van der Waals surface area contributed by atoms with Crippen LogP contribution < -0.4 is 10.9 Å². The Morgan fingerprint density at radius 3 is 2.76 bits per heavy atom. The Bertz CT molecular complexity index is 857. The van der Waals surface area contributed by atoms with Gasteiger partial charge in [-0.3, -0.25) is 9.59 Å². The number of rotatable bonds is 5. The maximum absolute atomic E-state index is 12.3. The van der Waals surface area contributed by atoms with Gasteiger partial charge in [0, 0.05) is 18.3 Å². The molecule has 2 aromatic rings. The average Bonchev–Trinajstić information content (AvgIpc) is 3.26. The number of allylic oxidation sites excluding steroid dienone is 2. The predicted molar refractivity (Wildman–Crippen MR) is 95.8 cm³/mol. The Kier molecular flexibility index (Phi) is 4.22. The first-order valence-electron chi connectivity index (χ1n) is 8.76. The topological polar surface area (TPSA) is 64.0 Å². The van der Waals surface area contributed by atoms with Crippen molar-refractivity contribution in [1.29, 1.82) is 0 Å². The summed E-state index contributed by atoms with van der Waals surface area (Å²) in [5.74, 6) is 1.72. The number of carbonyl (C=O) groups is 1. The minimum absolute atomic E-state index is 0.0256. The van der Waals surface area contributed by atoms with Gasteiger partial charge in [0.05, 0.1) is 11.9 Å². The first-order chi connectivity index (χ1) is 12.2. The molecule has 1 N–H and O–H groups in total. The van der Waals surface area contributed by atoms with E-state index < -0.39 is 0 Å². The van der Waals surface area contributed by atoms with Gasteiger partial charge < -0.3 is 9.88 Å². The molecule has 1 fully saturated rings. The van der Waals surface area contributed by atoms with Gasteiger partial charge >= 0.3 is 0 Å². The number of benzene rings is 1. The van der Waals surface area contributed by atoms with Crippen molar-refractivity contribution in [2.45, 2.75) is 19.4 Å². The fourth-order valence-corrected chi connectivity index (χ4v) is 3.91. The summed E-state index contributed by atoms with van der Waals surface area (Å²) >= 11 is 0. The van der Waals surface area contributed by atoms with Crippen molar-refractivity contribution in [2.75, 3.05) is 6.54 Å². The van der Waals surface area contributed by atoms with Gasteiger partial charge in [-0.1, -0.05) is 42.5 Å². The largest absolute Gasteiger partial charge is 0.354 e. The molecule has 25 heavy (non-hydrogen) atoms. The average molecular weight is 335 g/mol. The third kappa shape index (κ3) is 3.40. The van der Waals surface area contributed by atoms with E-state index in [4.69, 9.17) is 0 Å². The zero-order valence-corrected chi connectivity index (χ0v) is 14.0. The van der Waals surface area contributed by atoms with Crippen LogP contribution in [0.15, 0.2) is 59.7 Å². The third-order valence-electron chi connectivity index (χ3n) is 5.24. The molecule has 3 atom stereocenters. The van der Waals surface area contributed by atoms with E-state index in [0.717, 1.165) is 12.0 Å². The number of fused-ring (bicyclic) bond motifs is 2. The lowest BCUT2D eigenvalue weighted by Crippen LogP contribution is -2.35. The number of nitrogens with zero attached hydrogens (tertiary/aromatic N) is 2. The molecular weight excluding hydrogens is 314 g/mol. The van der Waals surface area contributed by atoms with Crippen LogP contribution in [0.5, 0.6) is 0 Å². The molecule has 2 aliphatic rings. The van der Waals surface area contributed by atoms with E-state index in [2.05, 4.69) is 22.5 Å². The maximum atomic E-state index is 12.3. The Labute approximate surface area is 146 Å². The van der Waals surface area contributed by atoms with Crippen LogP contribution in [-0.4, -0.2) is 22.0 Å². The SMILES string of the molecule is O=C(Cn1cc(-c2ccccc2)ncc1=O)NC[C@@H]1C[C@@H]2C=C[C@H]1C2. The summed E-state index contributed by atoms with van der Waals surface area (Å²) in [6.07, 6.45) is 9.89. The second kappa shape index (κ2) is 6.67. The van der Waals surface area contributed by atoms with Gasteiger partial charge in [-0.25, -0.2) is 4.98 Å². The Morgan fingerprint density at radius 2 is 2.04 bits per heavy atom. The minimum Gasteiger partial charge on any atom is -0.354 e. The molecule has 5 heteroatoms. The molecule has 1 saturated carbocycles. The highest BCUT2D eigenvalue weighted by Crippen LogP contribution is 2.42. The number of carbonyl (C=O) groups excluding carboxylic acids is 1. The fraction of sp³-hybridized carbons (Fsp3) is 0.350. The normalized spacial score (nSPS) is 23.8. The quantitative estimate of drug-likeness (QED) is 0.852. The molecule has 0 radical (unpaired) electrons. The third-order valence-corrected chi connectivity index (χ3v) is 5.24. The standard InChI is InChI=1S/C20H21N3O2/c24-19(22-10-17-9-14-6-7-16(17)8-14)13-23-12-18(21-11-20(23)25)15-4-2-1-3-5-15/h1-7,11-12,14,16-17H,8-10,13H2,(H,22,24)/t14-,16+,17+/m1/s1. The van der Waals surface area contributed by atoms with Crippen molar-refractivity contribution in [3.63, 3.8) is 0 Å². The van der Waals surface area contributed by atoms with Crippen LogP contribution in [0.4, 0.5) is 0 Å². The molecule has 0 saturated heterocycles. The second-order valence-corrected chi connectivity index (χ2v) is 6.95. The Hall–Kier alpha value is -2.69.